The van der Waals surface area contributed by atoms with Crippen LogP contribution in [-0.4, -0.2) is 42.3 Å². The van der Waals surface area contributed by atoms with Crippen LogP contribution in [0.2, 0.25) is 0 Å². The van der Waals surface area contributed by atoms with Gasteiger partial charge in [0.2, 0.25) is 0 Å². The quantitative estimate of drug-likeness (QED) is 0.342. The second kappa shape index (κ2) is 6.80. The topological polar surface area (TPSA) is 84.0 Å². The van der Waals surface area contributed by atoms with Gasteiger partial charge in [-0.15, -0.1) is 0 Å². The van der Waals surface area contributed by atoms with Gasteiger partial charge in [-0.2, -0.15) is 0 Å². The highest BCUT2D eigenvalue weighted by molar-refractivity contribution is 5.97. The summed E-state index contributed by atoms with van der Waals surface area (Å²) in [5.74, 6) is 0.830. The fraction of sp³-hybridized carbons (Fsp3) is 0.500. The van der Waals surface area contributed by atoms with Crippen LogP contribution in [0, 0.1) is 0 Å². The maximum absolute atomic E-state index is 8.63. The number of nitrogens with zero attached hydrogens (tertiary/aromatic N) is 3. The first-order chi connectivity index (χ1) is 8.54. The van der Waals surface area contributed by atoms with Crippen molar-refractivity contribution in [2.24, 2.45) is 10.9 Å². The second-order valence-electron chi connectivity index (χ2n) is 4.23. The van der Waals surface area contributed by atoms with Crippen LogP contribution in [0.15, 0.2) is 23.5 Å². The third-order valence-corrected chi connectivity index (χ3v) is 2.42. The van der Waals surface area contributed by atoms with Crippen molar-refractivity contribution in [2.45, 2.75) is 20.0 Å². The summed E-state index contributed by atoms with van der Waals surface area (Å²) in [6.45, 7) is 5.35. The molecule has 0 spiro atoms. The molecule has 0 amide bonds. The predicted octanol–water partition coefficient (Wildman–Crippen LogP) is 1.04. The van der Waals surface area contributed by atoms with E-state index in [0.29, 0.717) is 12.2 Å². The standard InChI is InChI=1S/C12H20N4O2/c1-9(2)18-7-6-16(3)11-8-10(4-5-14-11)12(13)15-17/h4-5,8-9,17H,6-7H2,1-3H3,(H2,13,15). The fourth-order valence-electron chi connectivity index (χ4n) is 1.38. The van der Waals surface area contributed by atoms with E-state index in [-0.39, 0.29) is 11.9 Å². The van der Waals surface area contributed by atoms with Crippen molar-refractivity contribution in [3.05, 3.63) is 23.9 Å². The van der Waals surface area contributed by atoms with Crippen LogP contribution >= 0.6 is 0 Å². The van der Waals surface area contributed by atoms with Crippen LogP contribution in [0.5, 0.6) is 0 Å². The molecule has 100 valence electrons. The van der Waals surface area contributed by atoms with Crippen molar-refractivity contribution < 1.29 is 9.94 Å². The van der Waals surface area contributed by atoms with Crippen molar-refractivity contribution >= 4 is 11.7 Å². The molecule has 1 aromatic rings. The first-order valence-corrected chi connectivity index (χ1v) is 5.81. The highest BCUT2D eigenvalue weighted by Crippen LogP contribution is 2.10. The molecule has 0 aliphatic rings. The molecule has 0 saturated carbocycles. The molecule has 0 aliphatic carbocycles. The summed E-state index contributed by atoms with van der Waals surface area (Å²) in [6.07, 6.45) is 1.84. The van der Waals surface area contributed by atoms with Crippen LogP contribution < -0.4 is 10.6 Å². The van der Waals surface area contributed by atoms with E-state index in [2.05, 4.69) is 10.1 Å². The Morgan fingerprint density at radius 1 is 1.61 bits per heavy atom. The monoisotopic (exact) mass is 252 g/mol. The minimum atomic E-state index is 0.0745. The van der Waals surface area contributed by atoms with E-state index in [4.69, 9.17) is 15.7 Å². The Hall–Kier alpha value is -1.82. The lowest BCUT2D eigenvalue weighted by Crippen LogP contribution is -2.25. The number of pyridine rings is 1. The summed E-state index contributed by atoms with van der Waals surface area (Å²) in [4.78, 5) is 6.19. The molecular formula is C12H20N4O2. The van der Waals surface area contributed by atoms with Gasteiger partial charge in [-0.1, -0.05) is 5.16 Å². The summed E-state index contributed by atoms with van der Waals surface area (Å²) in [7, 11) is 1.92. The SMILES string of the molecule is CC(C)OCCN(C)c1cc(/C(N)=N/O)ccn1. The Morgan fingerprint density at radius 2 is 2.33 bits per heavy atom. The normalized spacial score (nSPS) is 11.9. The third-order valence-electron chi connectivity index (χ3n) is 2.42. The minimum Gasteiger partial charge on any atom is -0.409 e. The molecule has 1 rings (SSSR count). The number of aromatic nitrogens is 1. The number of hydrogen-bond acceptors (Lipinski definition) is 5. The largest absolute Gasteiger partial charge is 0.409 e. The highest BCUT2D eigenvalue weighted by Gasteiger charge is 2.06. The van der Waals surface area contributed by atoms with Crippen LogP contribution in [0.25, 0.3) is 0 Å². The van der Waals surface area contributed by atoms with E-state index in [1.165, 1.54) is 0 Å². The lowest BCUT2D eigenvalue weighted by Gasteiger charge is -2.19. The van der Waals surface area contributed by atoms with Crippen LogP contribution in [-0.2, 0) is 4.74 Å². The summed E-state index contributed by atoms with van der Waals surface area (Å²) < 4.78 is 5.47. The number of hydrogen-bond donors (Lipinski definition) is 2. The molecule has 0 saturated heterocycles. The Bertz CT molecular complexity index is 407. The Labute approximate surface area is 107 Å². The summed E-state index contributed by atoms with van der Waals surface area (Å²) in [5, 5.41) is 11.6. The van der Waals surface area contributed by atoms with E-state index in [1.807, 2.05) is 25.8 Å². The van der Waals surface area contributed by atoms with Gasteiger partial charge >= 0.3 is 0 Å². The van der Waals surface area contributed by atoms with E-state index < -0.39 is 0 Å². The number of likely N-dealkylation sites (N-methyl/N-ethyl adjacent to an activating group) is 1. The third kappa shape index (κ3) is 4.21. The van der Waals surface area contributed by atoms with Gasteiger partial charge in [-0.3, -0.25) is 0 Å². The summed E-state index contributed by atoms with van der Waals surface area (Å²) in [5.41, 5.74) is 6.17. The minimum absolute atomic E-state index is 0.0745. The van der Waals surface area contributed by atoms with Crippen molar-refractivity contribution in [3.63, 3.8) is 0 Å². The highest BCUT2D eigenvalue weighted by atomic mass is 16.5. The number of nitrogens with two attached hydrogens (primary N) is 1. The fourth-order valence-corrected chi connectivity index (χ4v) is 1.38. The number of ether oxygens (including phenoxy) is 1. The molecule has 1 aromatic heterocycles. The molecule has 0 aromatic carbocycles. The van der Waals surface area contributed by atoms with Crippen LogP contribution in [0.4, 0.5) is 5.82 Å². The average Bonchev–Trinajstić information content (AvgIpc) is 2.37. The van der Waals surface area contributed by atoms with E-state index >= 15 is 0 Å². The van der Waals surface area contributed by atoms with Gasteiger partial charge in [0, 0.05) is 25.4 Å². The zero-order chi connectivity index (χ0) is 13.5. The molecule has 0 unspecified atom stereocenters. The molecule has 0 atom stereocenters. The first-order valence-electron chi connectivity index (χ1n) is 5.81. The number of rotatable bonds is 6. The molecule has 1 heterocycles. The number of anilines is 1. The molecule has 6 nitrogen and oxygen atoms in total. The Morgan fingerprint density at radius 3 is 2.94 bits per heavy atom. The van der Waals surface area contributed by atoms with Crippen LogP contribution in [0.1, 0.15) is 19.4 Å². The molecule has 18 heavy (non-hydrogen) atoms. The van der Waals surface area contributed by atoms with Gasteiger partial charge in [-0.05, 0) is 26.0 Å². The number of amidine groups is 1. The number of oxime groups is 1. The molecule has 3 N–H and O–H groups in total. The second-order valence-corrected chi connectivity index (χ2v) is 4.23. The Balaban J connectivity index is 2.65. The smallest absolute Gasteiger partial charge is 0.170 e. The first kappa shape index (κ1) is 14.2. The van der Waals surface area contributed by atoms with Crippen molar-refractivity contribution in [1.82, 2.24) is 4.98 Å². The zero-order valence-electron chi connectivity index (χ0n) is 11.0. The van der Waals surface area contributed by atoms with E-state index in [1.54, 1.807) is 18.3 Å². The van der Waals surface area contributed by atoms with E-state index in [0.717, 1.165) is 12.4 Å². The van der Waals surface area contributed by atoms with E-state index in [9.17, 15) is 0 Å². The van der Waals surface area contributed by atoms with Gasteiger partial charge in [0.05, 0.1) is 12.7 Å². The Kier molecular flexibility index (Phi) is 5.38. The molecule has 6 heteroatoms. The van der Waals surface area contributed by atoms with Gasteiger partial charge in [-0.25, -0.2) is 4.98 Å². The van der Waals surface area contributed by atoms with Gasteiger partial charge in [0.25, 0.3) is 0 Å². The summed E-state index contributed by atoms with van der Waals surface area (Å²) in [6, 6.07) is 3.46. The average molecular weight is 252 g/mol. The van der Waals surface area contributed by atoms with Crippen molar-refractivity contribution in [2.75, 3.05) is 25.1 Å². The predicted molar refractivity (Wildman–Crippen MR) is 71.1 cm³/mol. The molecular weight excluding hydrogens is 232 g/mol. The van der Waals surface area contributed by atoms with Crippen LogP contribution in [0.3, 0.4) is 0 Å². The molecule has 0 fully saturated rings. The van der Waals surface area contributed by atoms with Crippen molar-refractivity contribution in [3.8, 4) is 0 Å². The van der Waals surface area contributed by atoms with Gasteiger partial charge < -0.3 is 20.6 Å². The maximum atomic E-state index is 8.63. The van der Waals surface area contributed by atoms with Crippen molar-refractivity contribution in [1.29, 1.82) is 0 Å². The molecule has 0 bridgehead atoms. The van der Waals surface area contributed by atoms with Gasteiger partial charge in [0.1, 0.15) is 5.82 Å². The molecule has 0 radical (unpaired) electrons. The maximum Gasteiger partial charge on any atom is 0.170 e. The summed E-state index contributed by atoms with van der Waals surface area (Å²) >= 11 is 0. The molecule has 0 aliphatic heterocycles. The lowest BCUT2D eigenvalue weighted by atomic mass is 10.2. The zero-order valence-corrected chi connectivity index (χ0v) is 11.0. The lowest BCUT2D eigenvalue weighted by molar-refractivity contribution is 0.0845. The van der Waals surface area contributed by atoms with Gasteiger partial charge in [0.15, 0.2) is 5.84 Å².